The third kappa shape index (κ3) is 3.08. The number of nitrogens with zero attached hydrogens (tertiary/aromatic N) is 2. The van der Waals surface area contributed by atoms with Crippen molar-refractivity contribution in [3.8, 4) is 11.1 Å². The number of hydrogen-bond acceptors (Lipinski definition) is 4. The van der Waals surface area contributed by atoms with Crippen molar-refractivity contribution in [2.24, 2.45) is 0 Å². The molecule has 0 aliphatic rings. The molecule has 26 heavy (non-hydrogen) atoms. The largest absolute Gasteiger partial charge is 0.461 e. The molecule has 0 unspecified atom stereocenters. The molecule has 6 nitrogen and oxygen atoms in total. The number of nitrogens with one attached hydrogen (secondary N) is 1. The Morgan fingerprint density at radius 2 is 1.96 bits per heavy atom. The van der Waals surface area contributed by atoms with Gasteiger partial charge in [-0.3, -0.25) is 9.89 Å². The summed E-state index contributed by atoms with van der Waals surface area (Å²) in [6, 6.07) is 7.71. The maximum absolute atomic E-state index is 13.5. The molecule has 0 radical (unpaired) electrons. The molecule has 0 aliphatic heterocycles. The molecule has 0 spiro atoms. The van der Waals surface area contributed by atoms with E-state index in [1.54, 1.807) is 47.7 Å². The normalized spacial score (nSPS) is 11.7. The minimum atomic E-state index is -4.75. The predicted octanol–water partition coefficient (Wildman–Crippen LogP) is 3.49. The van der Waals surface area contributed by atoms with Crippen LogP contribution in [0.1, 0.15) is 23.1 Å². The number of carbonyl (C=O) groups excluding carboxylic acids is 1. The first kappa shape index (κ1) is 18.4. The molecule has 3 aromatic rings. The summed E-state index contributed by atoms with van der Waals surface area (Å²) < 4.78 is 46.0. The number of rotatable bonds is 3. The van der Waals surface area contributed by atoms with Crippen LogP contribution in [-0.2, 0) is 10.9 Å². The molecule has 0 saturated carbocycles. The molecule has 0 atom stereocenters. The number of fused-ring (bicyclic) bond motifs is 1. The first-order valence-corrected chi connectivity index (χ1v) is 8.47. The standard InChI is InChI=1S/C16H11F3IN3O3/c1-2-26-15(25)11-10(20)14(24)23-13(21-11)9(8-6-4-3-5-7-8)12(22-23)16(17,18)19/h3-7,22H,2H2,1H3. The fraction of sp³-hybridized carbons (Fsp3) is 0.188. The summed E-state index contributed by atoms with van der Waals surface area (Å²) >= 11 is 1.57. The van der Waals surface area contributed by atoms with Crippen LogP contribution >= 0.6 is 22.6 Å². The molecule has 2 heterocycles. The Morgan fingerprint density at radius 1 is 1.31 bits per heavy atom. The number of aromatic amines is 1. The van der Waals surface area contributed by atoms with Gasteiger partial charge in [0.15, 0.2) is 11.3 Å². The quantitative estimate of drug-likeness (QED) is 0.463. The van der Waals surface area contributed by atoms with E-state index in [9.17, 15) is 22.8 Å². The van der Waals surface area contributed by atoms with Crippen LogP contribution in [0, 0.1) is 3.57 Å². The highest BCUT2D eigenvalue weighted by Crippen LogP contribution is 2.38. The van der Waals surface area contributed by atoms with Gasteiger partial charge in [-0.1, -0.05) is 30.3 Å². The summed E-state index contributed by atoms with van der Waals surface area (Å²) in [5.41, 5.74) is -2.64. The van der Waals surface area contributed by atoms with Crippen molar-refractivity contribution in [1.82, 2.24) is 14.6 Å². The average Bonchev–Trinajstić information content (AvgIpc) is 2.99. The first-order valence-electron chi connectivity index (χ1n) is 7.39. The molecule has 3 rings (SSSR count). The van der Waals surface area contributed by atoms with Gasteiger partial charge in [0.05, 0.1) is 12.2 Å². The van der Waals surface area contributed by atoms with Crippen LogP contribution in [0.4, 0.5) is 13.2 Å². The number of hydrogen-bond donors (Lipinski definition) is 1. The van der Waals surface area contributed by atoms with Gasteiger partial charge in [0.1, 0.15) is 9.26 Å². The van der Waals surface area contributed by atoms with Gasteiger partial charge in [-0.15, -0.1) is 0 Å². The zero-order valence-corrected chi connectivity index (χ0v) is 15.4. The lowest BCUT2D eigenvalue weighted by Crippen LogP contribution is -2.24. The van der Waals surface area contributed by atoms with Crippen molar-refractivity contribution in [2.45, 2.75) is 13.1 Å². The number of esters is 1. The summed E-state index contributed by atoms with van der Waals surface area (Å²) in [7, 11) is 0. The van der Waals surface area contributed by atoms with Crippen LogP contribution in [0.5, 0.6) is 0 Å². The Labute approximate surface area is 158 Å². The third-order valence-corrected chi connectivity index (χ3v) is 4.51. The van der Waals surface area contributed by atoms with Crippen LogP contribution in [0.15, 0.2) is 35.1 Å². The maximum Gasteiger partial charge on any atom is 0.433 e. The number of H-pyrrole nitrogens is 1. The van der Waals surface area contributed by atoms with Crippen molar-refractivity contribution in [3.05, 3.63) is 55.6 Å². The van der Waals surface area contributed by atoms with E-state index >= 15 is 0 Å². The molecule has 2 aromatic heterocycles. The van der Waals surface area contributed by atoms with Crippen molar-refractivity contribution in [2.75, 3.05) is 6.61 Å². The fourth-order valence-corrected chi connectivity index (χ4v) is 3.05. The number of ether oxygens (including phenoxy) is 1. The lowest BCUT2D eigenvalue weighted by atomic mass is 10.1. The Morgan fingerprint density at radius 3 is 2.54 bits per heavy atom. The van der Waals surface area contributed by atoms with Crippen LogP contribution in [0.25, 0.3) is 16.8 Å². The summed E-state index contributed by atoms with van der Waals surface area (Å²) in [6.45, 7) is 1.62. The monoisotopic (exact) mass is 477 g/mol. The summed E-state index contributed by atoms with van der Waals surface area (Å²) in [5.74, 6) is -0.870. The Bertz CT molecular complexity index is 1040. The average molecular weight is 477 g/mol. The molecule has 1 aromatic carbocycles. The van der Waals surface area contributed by atoms with Crippen molar-refractivity contribution in [3.63, 3.8) is 0 Å². The van der Waals surface area contributed by atoms with E-state index < -0.39 is 23.4 Å². The smallest absolute Gasteiger partial charge is 0.433 e. The molecular weight excluding hydrogens is 466 g/mol. The van der Waals surface area contributed by atoms with Crippen LogP contribution < -0.4 is 5.56 Å². The van der Waals surface area contributed by atoms with E-state index in [1.165, 1.54) is 12.1 Å². The minimum absolute atomic E-state index is 0.0441. The first-order chi connectivity index (χ1) is 12.3. The second-order valence-corrected chi connectivity index (χ2v) is 6.26. The van der Waals surface area contributed by atoms with E-state index in [2.05, 4.69) is 10.1 Å². The van der Waals surface area contributed by atoms with E-state index in [4.69, 9.17) is 4.74 Å². The van der Waals surface area contributed by atoms with Gasteiger partial charge in [-0.05, 0) is 35.1 Å². The third-order valence-electron chi connectivity index (χ3n) is 3.54. The van der Waals surface area contributed by atoms with Gasteiger partial charge < -0.3 is 4.74 Å². The van der Waals surface area contributed by atoms with Crippen molar-refractivity contribution in [1.29, 1.82) is 0 Å². The predicted molar refractivity (Wildman–Crippen MR) is 94.9 cm³/mol. The molecule has 0 saturated heterocycles. The number of aromatic nitrogens is 3. The molecule has 0 amide bonds. The van der Waals surface area contributed by atoms with Gasteiger partial charge in [-0.25, -0.2) is 9.78 Å². The molecule has 0 bridgehead atoms. The van der Waals surface area contributed by atoms with Crippen LogP contribution in [-0.4, -0.2) is 27.2 Å². The van der Waals surface area contributed by atoms with Gasteiger partial charge in [0.2, 0.25) is 0 Å². The fourth-order valence-electron chi connectivity index (χ4n) is 2.47. The minimum Gasteiger partial charge on any atom is -0.461 e. The van der Waals surface area contributed by atoms with Gasteiger partial charge in [0, 0.05) is 0 Å². The summed E-state index contributed by atoms with van der Waals surface area (Å²) in [5, 5.41) is 2.07. The highest BCUT2D eigenvalue weighted by molar-refractivity contribution is 14.1. The zero-order chi connectivity index (χ0) is 19.1. The van der Waals surface area contributed by atoms with E-state index in [0.717, 1.165) is 0 Å². The molecule has 136 valence electrons. The topological polar surface area (TPSA) is 76.5 Å². The Kier molecular flexibility index (Phi) is 4.78. The summed E-state index contributed by atoms with van der Waals surface area (Å²) in [6.07, 6.45) is -4.75. The van der Waals surface area contributed by atoms with E-state index in [0.29, 0.717) is 4.52 Å². The van der Waals surface area contributed by atoms with Gasteiger partial charge >= 0.3 is 12.1 Å². The SMILES string of the molecule is CCOC(=O)c1nc2c(-c3ccccc3)c(C(F)(F)F)[nH]n2c(=O)c1I. The van der Waals surface area contributed by atoms with E-state index in [-0.39, 0.29) is 32.6 Å². The summed E-state index contributed by atoms with van der Waals surface area (Å²) in [4.78, 5) is 28.5. The van der Waals surface area contributed by atoms with Crippen molar-refractivity contribution >= 4 is 34.2 Å². The number of carbonyl (C=O) groups is 1. The van der Waals surface area contributed by atoms with Crippen LogP contribution in [0.3, 0.4) is 0 Å². The zero-order valence-electron chi connectivity index (χ0n) is 13.2. The second kappa shape index (κ2) is 6.74. The molecular formula is C16H11F3IN3O3. The Balaban J connectivity index is 2.43. The second-order valence-electron chi connectivity index (χ2n) is 5.18. The number of halogens is 4. The van der Waals surface area contributed by atoms with Crippen molar-refractivity contribution < 1.29 is 22.7 Å². The highest BCUT2D eigenvalue weighted by atomic mass is 127. The van der Waals surface area contributed by atoms with Crippen LogP contribution in [0.2, 0.25) is 0 Å². The van der Waals surface area contributed by atoms with Gasteiger partial charge in [0.25, 0.3) is 5.56 Å². The highest BCUT2D eigenvalue weighted by Gasteiger charge is 2.38. The lowest BCUT2D eigenvalue weighted by Gasteiger charge is -2.07. The lowest BCUT2D eigenvalue weighted by molar-refractivity contribution is -0.140. The molecule has 0 fully saturated rings. The number of benzene rings is 1. The number of alkyl halides is 3. The van der Waals surface area contributed by atoms with Gasteiger partial charge in [-0.2, -0.15) is 17.7 Å². The maximum atomic E-state index is 13.5. The molecule has 1 N–H and O–H groups in total. The molecule has 10 heteroatoms. The molecule has 0 aliphatic carbocycles. The Hall–Kier alpha value is -2.37. The van der Waals surface area contributed by atoms with E-state index in [1.807, 2.05) is 0 Å².